The summed E-state index contributed by atoms with van der Waals surface area (Å²) in [5.41, 5.74) is 1.57. The molecule has 0 spiro atoms. The fraction of sp³-hybridized carbons (Fsp3) is 0.467. The minimum atomic E-state index is 0.663. The van der Waals surface area contributed by atoms with Crippen molar-refractivity contribution in [2.45, 2.75) is 37.6 Å². The van der Waals surface area contributed by atoms with Crippen molar-refractivity contribution in [1.82, 2.24) is 5.32 Å². The molecular weight excluding hydrogens is 226 g/mol. The maximum absolute atomic E-state index is 3.51. The van der Waals surface area contributed by atoms with Gasteiger partial charge in [0.2, 0.25) is 0 Å². The average molecular weight is 245 g/mol. The van der Waals surface area contributed by atoms with E-state index >= 15 is 0 Å². The summed E-state index contributed by atoms with van der Waals surface area (Å²) in [5, 5.41) is 7.14. The molecule has 1 heterocycles. The molecule has 2 unspecified atom stereocenters. The molecule has 1 aliphatic carbocycles. The first-order chi connectivity index (χ1) is 8.40. The van der Waals surface area contributed by atoms with E-state index in [0.717, 1.165) is 0 Å². The van der Waals surface area contributed by atoms with Gasteiger partial charge in [-0.05, 0) is 42.3 Å². The zero-order valence-electron chi connectivity index (χ0n) is 10.3. The molecule has 0 bridgehead atoms. The fourth-order valence-corrected chi connectivity index (χ4v) is 4.14. The van der Waals surface area contributed by atoms with Crippen LogP contribution in [0.1, 0.15) is 37.2 Å². The minimum Gasteiger partial charge on any atom is -0.316 e. The van der Waals surface area contributed by atoms with Gasteiger partial charge in [0.25, 0.3) is 0 Å². The number of benzene rings is 1. The van der Waals surface area contributed by atoms with Crippen LogP contribution in [-0.4, -0.2) is 13.1 Å². The van der Waals surface area contributed by atoms with Crippen LogP contribution in [0, 0.1) is 0 Å². The van der Waals surface area contributed by atoms with Crippen molar-refractivity contribution in [3.05, 3.63) is 35.2 Å². The van der Waals surface area contributed by atoms with Crippen LogP contribution in [0.3, 0.4) is 0 Å². The van der Waals surface area contributed by atoms with E-state index in [4.69, 9.17) is 0 Å². The molecule has 2 heteroatoms. The lowest BCUT2D eigenvalue weighted by atomic mass is 9.80. The molecule has 0 saturated heterocycles. The molecule has 1 N–H and O–H groups in total. The number of rotatable bonds is 2. The Morgan fingerprint density at radius 1 is 1.18 bits per heavy atom. The average Bonchev–Trinajstić information content (AvgIpc) is 2.86. The van der Waals surface area contributed by atoms with Crippen molar-refractivity contribution in [3.63, 3.8) is 0 Å². The first-order valence-electron chi connectivity index (χ1n) is 6.53. The van der Waals surface area contributed by atoms with E-state index in [1.807, 2.05) is 11.3 Å². The summed E-state index contributed by atoms with van der Waals surface area (Å²) < 4.78 is 1.50. The smallest absolute Gasteiger partial charge is 0.0378 e. The van der Waals surface area contributed by atoms with E-state index in [2.05, 4.69) is 42.0 Å². The molecule has 2 atom stereocenters. The van der Waals surface area contributed by atoms with Crippen LogP contribution < -0.4 is 5.32 Å². The maximum atomic E-state index is 3.51. The van der Waals surface area contributed by atoms with Crippen LogP contribution in [0.5, 0.6) is 0 Å². The first kappa shape index (κ1) is 11.2. The number of nitrogens with one attached hydrogen (secondary N) is 1. The molecule has 2 aromatic rings. The van der Waals surface area contributed by atoms with Crippen LogP contribution in [-0.2, 0) is 0 Å². The Morgan fingerprint density at radius 2 is 2.06 bits per heavy atom. The maximum Gasteiger partial charge on any atom is 0.0378 e. The monoisotopic (exact) mass is 245 g/mol. The number of fused-ring (bicyclic) bond motifs is 1. The molecule has 0 aliphatic heterocycles. The highest BCUT2D eigenvalue weighted by Gasteiger charge is 2.26. The summed E-state index contributed by atoms with van der Waals surface area (Å²) >= 11 is 1.89. The Hall–Kier alpha value is -0.860. The van der Waals surface area contributed by atoms with Crippen LogP contribution in [0.2, 0.25) is 0 Å². The quantitative estimate of drug-likeness (QED) is 0.838. The van der Waals surface area contributed by atoms with Gasteiger partial charge in [0.1, 0.15) is 0 Å². The highest BCUT2D eigenvalue weighted by molar-refractivity contribution is 7.17. The van der Waals surface area contributed by atoms with Crippen molar-refractivity contribution in [1.29, 1.82) is 0 Å². The molecule has 1 aliphatic rings. The highest BCUT2D eigenvalue weighted by Crippen LogP contribution is 2.38. The van der Waals surface area contributed by atoms with E-state index < -0.39 is 0 Å². The summed E-state index contributed by atoms with van der Waals surface area (Å²) in [6.07, 6.45) is 5.42. The normalized spacial score (nSPS) is 25.2. The second-order valence-corrected chi connectivity index (χ2v) is 5.89. The standard InChI is InChI=1S/C15H19NS/c1-16-14-8-3-2-6-12(14)13-7-4-5-11-9-10-17-15(11)13/h4-5,7,9-10,12,14,16H,2-3,6,8H2,1H3. The van der Waals surface area contributed by atoms with Gasteiger partial charge in [0.05, 0.1) is 0 Å². The van der Waals surface area contributed by atoms with Crippen molar-refractivity contribution in [3.8, 4) is 0 Å². The van der Waals surface area contributed by atoms with Gasteiger partial charge in [-0.1, -0.05) is 31.0 Å². The van der Waals surface area contributed by atoms with Gasteiger partial charge in [0.15, 0.2) is 0 Å². The number of hydrogen-bond donors (Lipinski definition) is 1. The van der Waals surface area contributed by atoms with Crippen LogP contribution in [0.15, 0.2) is 29.6 Å². The van der Waals surface area contributed by atoms with Crippen molar-refractivity contribution in [2.75, 3.05) is 7.05 Å². The Labute approximate surface area is 107 Å². The number of hydrogen-bond acceptors (Lipinski definition) is 2. The van der Waals surface area contributed by atoms with Gasteiger partial charge in [-0.2, -0.15) is 0 Å². The molecule has 1 fully saturated rings. The SMILES string of the molecule is CNC1CCCCC1c1cccc2ccsc12. The third-order valence-corrected chi connectivity index (χ3v) is 5.02. The Kier molecular flexibility index (Phi) is 3.17. The van der Waals surface area contributed by atoms with Crippen molar-refractivity contribution >= 4 is 21.4 Å². The molecule has 1 aromatic carbocycles. The lowest BCUT2D eigenvalue weighted by Gasteiger charge is -2.32. The van der Waals surface area contributed by atoms with Crippen LogP contribution >= 0.6 is 11.3 Å². The lowest BCUT2D eigenvalue weighted by molar-refractivity contribution is 0.346. The summed E-state index contributed by atoms with van der Waals surface area (Å²) in [7, 11) is 2.11. The van der Waals surface area contributed by atoms with Gasteiger partial charge < -0.3 is 5.32 Å². The van der Waals surface area contributed by atoms with E-state index in [1.54, 1.807) is 5.56 Å². The molecule has 90 valence electrons. The third-order valence-electron chi connectivity index (χ3n) is 4.05. The van der Waals surface area contributed by atoms with E-state index in [9.17, 15) is 0 Å². The Bertz CT molecular complexity index is 502. The third kappa shape index (κ3) is 2.00. The molecule has 3 rings (SSSR count). The van der Waals surface area contributed by atoms with E-state index in [0.29, 0.717) is 12.0 Å². The fourth-order valence-electron chi connectivity index (χ4n) is 3.16. The van der Waals surface area contributed by atoms with Gasteiger partial charge in [0, 0.05) is 16.7 Å². The van der Waals surface area contributed by atoms with E-state index in [1.165, 1.54) is 35.8 Å². The second kappa shape index (κ2) is 4.79. The van der Waals surface area contributed by atoms with Gasteiger partial charge in [-0.3, -0.25) is 0 Å². The second-order valence-electron chi connectivity index (χ2n) is 4.97. The zero-order chi connectivity index (χ0) is 11.7. The number of thiophene rings is 1. The largest absolute Gasteiger partial charge is 0.316 e. The summed E-state index contributed by atoms with van der Waals surface area (Å²) in [4.78, 5) is 0. The molecule has 0 amide bonds. The molecule has 1 saturated carbocycles. The van der Waals surface area contributed by atoms with Crippen LogP contribution in [0.25, 0.3) is 10.1 Å². The topological polar surface area (TPSA) is 12.0 Å². The Morgan fingerprint density at radius 3 is 2.94 bits per heavy atom. The first-order valence-corrected chi connectivity index (χ1v) is 7.41. The van der Waals surface area contributed by atoms with Crippen LogP contribution in [0.4, 0.5) is 0 Å². The lowest BCUT2D eigenvalue weighted by Crippen LogP contribution is -2.34. The molecule has 1 aromatic heterocycles. The molecule has 0 radical (unpaired) electrons. The summed E-state index contributed by atoms with van der Waals surface area (Å²) in [6.45, 7) is 0. The summed E-state index contributed by atoms with van der Waals surface area (Å²) in [5.74, 6) is 0.705. The van der Waals surface area contributed by atoms with E-state index in [-0.39, 0.29) is 0 Å². The molecule has 1 nitrogen and oxygen atoms in total. The van der Waals surface area contributed by atoms with Crippen molar-refractivity contribution in [2.24, 2.45) is 0 Å². The zero-order valence-corrected chi connectivity index (χ0v) is 11.1. The van der Waals surface area contributed by atoms with Gasteiger partial charge in [-0.15, -0.1) is 11.3 Å². The predicted molar refractivity (Wildman–Crippen MR) is 75.9 cm³/mol. The number of likely N-dealkylation sites (N-methyl/N-ethyl adjacent to an activating group) is 1. The molecular formula is C15H19NS. The van der Waals surface area contributed by atoms with Crippen molar-refractivity contribution < 1.29 is 0 Å². The Balaban J connectivity index is 2.04. The highest BCUT2D eigenvalue weighted by atomic mass is 32.1. The summed E-state index contributed by atoms with van der Waals surface area (Å²) in [6, 6.07) is 9.68. The molecule has 17 heavy (non-hydrogen) atoms. The van der Waals surface area contributed by atoms with Gasteiger partial charge >= 0.3 is 0 Å². The minimum absolute atomic E-state index is 0.663. The van der Waals surface area contributed by atoms with Gasteiger partial charge in [-0.25, -0.2) is 0 Å². The predicted octanol–water partition coefficient (Wildman–Crippen LogP) is 4.15.